The zero-order valence-electron chi connectivity index (χ0n) is 14.7. The summed E-state index contributed by atoms with van der Waals surface area (Å²) < 4.78 is 0. The van der Waals surface area contributed by atoms with Gasteiger partial charge in [-0.15, -0.1) is 0 Å². The highest BCUT2D eigenvalue weighted by atomic mass is 16.2. The van der Waals surface area contributed by atoms with E-state index in [0.29, 0.717) is 16.8 Å². The molecule has 2 aromatic rings. The van der Waals surface area contributed by atoms with E-state index in [0.717, 1.165) is 12.8 Å². The maximum absolute atomic E-state index is 12.2. The molecule has 2 aromatic carbocycles. The van der Waals surface area contributed by atoms with Crippen molar-refractivity contribution >= 4 is 23.2 Å². The Morgan fingerprint density at radius 3 is 2.28 bits per heavy atom. The molecule has 0 aliphatic carbocycles. The molecule has 25 heavy (non-hydrogen) atoms. The van der Waals surface area contributed by atoms with Crippen LogP contribution in [-0.2, 0) is 11.2 Å². The van der Waals surface area contributed by atoms with Gasteiger partial charge >= 0.3 is 0 Å². The highest BCUT2D eigenvalue weighted by Gasteiger charge is 2.10. The maximum atomic E-state index is 12.2. The zero-order chi connectivity index (χ0) is 18.2. The highest BCUT2D eigenvalue weighted by Crippen LogP contribution is 2.13. The lowest BCUT2D eigenvalue weighted by Crippen LogP contribution is -2.13. The minimum atomic E-state index is -0.239. The third-order valence-electron chi connectivity index (χ3n) is 3.95. The van der Waals surface area contributed by atoms with Gasteiger partial charge in [-0.05, 0) is 31.0 Å². The quantitative estimate of drug-likeness (QED) is 0.724. The number of hydrogen-bond acceptors (Lipinski definition) is 3. The zero-order valence-corrected chi connectivity index (χ0v) is 14.7. The predicted molar refractivity (Wildman–Crippen MR) is 99.1 cm³/mol. The van der Waals surface area contributed by atoms with Gasteiger partial charge in [0, 0.05) is 29.7 Å². The van der Waals surface area contributed by atoms with E-state index >= 15 is 0 Å². The number of rotatable bonds is 8. The third-order valence-corrected chi connectivity index (χ3v) is 3.95. The molecule has 130 valence electrons. The standard InChI is InChI=1S/C21H23NO3/c1-3-5-16-8-10-17(11-9-16)20(24)12-13-21(25)22-19-7-4-6-18(14-19)15(2)23/h4,6-11,14H,3,5,12-13H2,1-2H3,(H,22,25). The fourth-order valence-corrected chi connectivity index (χ4v) is 2.56. The van der Waals surface area contributed by atoms with Crippen LogP contribution in [0.5, 0.6) is 0 Å². The van der Waals surface area contributed by atoms with Crippen LogP contribution >= 0.6 is 0 Å². The second-order valence-corrected chi connectivity index (χ2v) is 6.06. The van der Waals surface area contributed by atoms with Crippen molar-refractivity contribution in [1.29, 1.82) is 0 Å². The third kappa shape index (κ3) is 5.68. The highest BCUT2D eigenvalue weighted by molar-refractivity contribution is 6.00. The molecule has 0 heterocycles. The van der Waals surface area contributed by atoms with Crippen LogP contribution in [-0.4, -0.2) is 17.5 Å². The lowest BCUT2D eigenvalue weighted by Gasteiger charge is -2.07. The van der Waals surface area contributed by atoms with E-state index in [-0.39, 0.29) is 30.3 Å². The van der Waals surface area contributed by atoms with E-state index in [4.69, 9.17) is 0 Å². The number of amides is 1. The summed E-state index contributed by atoms with van der Waals surface area (Å²) in [7, 11) is 0. The van der Waals surface area contributed by atoms with Crippen molar-refractivity contribution < 1.29 is 14.4 Å². The molecule has 4 nitrogen and oxygen atoms in total. The molecule has 2 rings (SSSR count). The molecule has 0 aromatic heterocycles. The van der Waals surface area contributed by atoms with Gasteiger partial charge in [0.1, 0.15) is 0 Å². The van der Waals surface area contributed by atoms with E-state index in [1.165, 1.54) is 12.5 Å². The summed E-state index contributed by atoms with van der Waals surface area (Å²) in [5.41, 5.74) is 2.95. The molecule has 1 amide bonds. The van der Waals surface area contributed by atoms with Gasteiger partial charge in [0.2, 0.25) is 5.91 Å². The Hall–Kier alpha value is -2.75. The van der Waals surface area contributed by atoms with Crippen molar-refractivity contribution in [2.45, 2.75) is 39.5 Å². The van der Waals surface area contributed by atoms with Crippen molar-refractivity contribution in [2.24, 2.45) is 0 Å². The average molecular weight is 337 g/mol. The number of hydrogen-bond donors (Lipinski definition) is 1. The maximum Gasteiger partial charge on any atom is 0.224 e. The lowest BCUT2D eigenvalue weighted by molar-refractivity contribution is -0.116. The minimum absolute atomic E-state index is 0.0457. The van der Waals surface area contributed by atoms with Gasteiger partial charge < -0.3 is 5.32 Å². The lowest BCUT2D eigenvalue weighted by atomic mass is 10.0. The van der Waals surface area contributed by atoms with E-state index in [1.54, 1.807) is 24.3 Å². The molecule has 0 aliphatic rings. The van der Waals surface area contributed by atoms with Crippen LogP contribution in [0.4, 0.5) is 5.69 Å². The number of carbonyl (C=O) groups is 3. The monoisotopic (exact) mass is 337 g/mol. The van der Waals surface area contributed by atoms with Crippen LogP contribution in [0.25, 0.3) is 0 Å². The van der Waals surface area contributed by atoms with Crippen LogP contribution in [0.1, 0.15) is 59.4 Å². The molecule has 0 unspecified atom stereocenters. The van der Waals surface area contributed by atoms with Crippen molar-refractivity contribution in [3.05, 3.63) is 65.2 Å². The Labute approximate surface area is 148 Å². The minimum Gasteiger partial charge on any atom is -0.326 e. The second kappa shape index (κ2) is 8.92. The smallest absolute Gasteiger partial charge is 0.224 e. The number of Topliss-reactive ketones (excluding diaryl/α,β-unsaturated/α-hetero) is 2. The van der Waals surface area contributed by atoms with Crippen LogP contribution in [0.2, 0.25) is 0 Å². The molecule has 1 N–H and O–H groups in total. The van der Waals surface area contributed by atoms with Gasteiger partial charge in [-0.25, -0.2) is 0 Å². The number of aryl methyl sites for hydroxylation is 1. The van der Waals surface area contributed by atoms with E-state index < -0.39 is 0 Å². The van der Waals surface area contributed by atoms with Gasteiger partial charge in [-0.2, -0.15) is 0 Å². The number of benzene rings is 2. The SMILES string of the molecule is CCCc1ccc(C(=O)CCC(=O)Nc2cccc(C(C)=O)c2)cc1. The molecule has 0 radical (unpaired) electrons. The first-order valence-electron chi connectivity index (χ1n) is 8.52. The summed E-state index contributed by atoms with van der Waals surface area (Å²) in [6.07, 6.45) is 2.33. The first-order chi connectivity index (χ1) is 12.0. The summed E-state index contributed by atoms with van der Waals surface area (Å²) in [5.74, 6) is -0.342. The normalized spacial score (nSPS) is 10.3. The average Bonchev–Trinajstić information content (AvgIpc) is 2.61. The Morgan fingerprint density at radius 2 is 1.64 bits per heavy atom. The van der Waals surface area contributed by atoms with Gasteiger partial charge in [0.05, 0.1) is 0 Å². The van der Waals surface area contributed by atoms with Crippen molar-refractivity contribution in [1.82, 2.24) is 0 Å². The molecule has 0 bridgehead atoms. The Bertz CT molecular complexity index is 763. The Morgan fingerprint density at radius 1 is 0.920 bits per heavy atom. The molecular formula is C21H23NO3. The number of carbonyl (C=O) groups excluding carboxylic acids is 3. The van der Waals surface area contributed by atoms with Crippen LogP contribution in [0.3, 0.4) is 0 Å². The Kier molecular flexibility index (Phi) is 6.63. The van der Waals surface area contributed by atoms with Gasteiger partial charge in [-0.1, -0.05) is 49.7 Å². The molecule has 0 saturated carbocycles. The fraction of sp³-hybridized carbons (Fsp3) is 0.286. The van der Waals surface area contributed by atoms with Crippen LogP contribution < -0.4 is 5.32 Å². The van der Waals surface area contributed by atoms with Gasteiger partial charge in [0.25, 0.3) is 0 Å². The molecular weight excluding hydrogens is 314 g/mol. The number of ketones is 2. The molecule has 0 aliphatic heterocycles. The summed E-state index contributed by atoms with van der Waals surface area (Å²) in [6.45, 7) is 3.59. The van der Waals surface area contributed by atoms with E-state index in [1.807, 2.05) is 24.3 Å². The largest absolute Gasteiger partial charge is 0.326 e. The summed E-state index contributed by atoms with van der Waals surface area (Å²) >= 11 is 0. The van der Waals surface area contributed by atoms with Crippen LogP contribution in [0.15, 0.2) is 48.5 Å². The molecule has 0 atom stereocenters. The number of anilines is 1. The molecule has 0 fully saturated rings. The van der Waals surface area contributed by atoms with Crippen LogP contribution in [0, 0.1) is 0 Å². The first kappa shape index (κ1) is 18.6. The molecule has 0 spiro atoms. The Balaban J connectivity index is 1.87. The topological polar surface area (TPSA) is 63.2 Å². The molecule has 0 saturated heterocycles. The first-order valence-corrected chi connectivity index (χ1v) is 8.52. The van der Waals surface area contributed by atoms with Crippen molar-refractivity contribution in [2.75, 3.05) is 5.32 Å². The van der Waals surface area contributed by atoms with Crippen molar-refractivity contribution in [3.63, 3.8) is 0 Å². The van der Waals surface area contributed by atoms with Gasteiger partial charge in [-0.3, -0.25) is 14.4 Å². The summed E-state index contributed by atoms with van der Waals surface area (Å²) in [4.78, 5) is 35.6. The number of nitrogens with one attached hydrogen (secondary N) is 1. The van der Waals surface area contributed by atoms with E-state index in [9.17, 15) is 14.4 Å². The fourth-order valence-electron chi connectivity index (χ4n) is 2.56. The summed E-state index contributed by atoms with van der Waals surface area (Å²) in [6, 6.07) is 14.3. The second-order valence-electron chi connectivity index (χ2n) is 6.06. The van der Waals surface area contributed by atoms with Crippen molar-refractivity contribution in [3.8, 4) is 0 Å². The summed E-state index contributed by atoms with van der Waals surface area (Å²) in [5, 5.41) is 2.73. The van der Waals surface area contributed by atoms with Gasteiger partial charge in [0.15, 0.2) is 11.6 Å². The molecule has 4 heteroatoms. The predicted octanol–water partition coefficient (Wildman–Crippen LogP) is 4.44. The van der Waals surface area contributed by atoms with E-state index in [2.05, 4.69) is 12.2 Å².